The van der Waals surface area contributed by atoms with E-state index in [4.69, 9.17) is 0 Å². The van der Waals surface area contributed by atoms with E-state index in [1.54, 1.807) is 0 Å². The number of sulfonamides is 1. The molecule has 0 radical (unpaired) electrons. The van der Waals surface area contributed by atoms with Crippen molar-refractivity contribution in [3.05, 3.63) is 59.7 Å². The number of hydrogen-bond acceptors (Lipinski definition) is 5. The third-order valence-corrected chi connectivity index (χ3v) is 5.49. The lowest BCUT2D eigenvalue weighted by molar-refractivity contribution is 0.0979. The quantitative estimate of drug-likeness (QED) is 0.814. The first-order chi connectivity index (χ1) is 11.2. The van der Waals surface area contributed by atoms with Crippen LogP contribution < -0.4 is 4.72 Å². The van der Waals surface area contributed by atoms with Gasteiger partial charge >= 0.3 is 0 Å². The number of hydrogen-bond donors (Lipinski definition) is 1. The van der Waals surface area contributed by atoms with Crippen LogP contribution in [0.2, 0.25) is 0 Å². The van der Waals surface area contributed by atoms with Gasteiger partial charge < -0.3 is 0 Å². The molecule has 2 aromatic carbocycles. The standard InChI is InChI=1S/C16H15NO5S2/c1-11(18)13-4-3-5-15(10-13)24(21,22)17-16(19)12-6-8-14(9-7-12)23(2)20/h3-10H,1-2H3,(H,17,19)/t23-/m0/s1. The molecule has 0 saturated carbocycles. The molecule has 2 aromatic rings. The summed E-state index contributed by atoms with van der Waals surface area (Å²) in [6, 6.07) is 11.2. The smallest absolute Gasteiger partial charge is 0.264 e. The summed E-state index contributed by atoms with van der Waals surface area (Å²) >= 11 is 0. The predicted octanol–water partition coefficient (Wildman–Crippen LogP) is 1.75. The summed E-state index contributed by atoms with van der Waals surface area (Å²) in [6.45, 7) is 1.32. The van der Waals surface area contributed by atoms with Crippen molar-refractivity contribution >= 4 is 32.5 Å². The summed E-state index contributed by atoms with van der Waals surface area (Å²) in [5, 5.41) is 0. The molecule has 0 aliphatic carbocycles. The summed E-state index contributed by atoms with van der Waals surface area (Å²) in [5.41, 5.74) is 0.357. The average molecular weight is 365 g/mol. The topological polar surface area (TPSA) is 97.4 Å². The Morgan fingerprint density at radius 1 is 1.00 bits per heavy atom. The van der Waals surface area contributed by atoms with Crippen LogP contribution in [0, 0.1) is 0 Å². The van der Waals surface area contributed by atoms with Crippen LogP contribution >= 0.6 is 0 Å². The van der Waals surface area contributed by atoms with E-state index in [2.05, 4.69) is 0 Å². The fourth-order valence-electron chi connectivity index (χ4n) is 1.92. The highest BCUT2D eigenvalue weighted by molar-refractivity contribution is 7.90. The molecule has 0 aromatic heterocycles. The number of nitrogens with one attached hydrogen (secondary N) is 1. The van der Waals surface area contributed by atoms with Crippen molar-refractivity contribution in [1.82, 2.24) is 4.72 Å². The lowest BCUT2D eigenvalue weighted by Crippen LogP contribution is -2.30. The van der Waals surface area contributed by atoms with Gasteiger partial charge in [0.25, 0.3) is 15.9 Å². The molecule has 0 aliphatic heterocycles. The highest BCUT2D eigenvalue weighted by atomic mass is 32.2. The van der Waals surface area contributed by atoms with E-state index in [0.29, 0.717) is 4.90 Å². The molecule has 6 nitrogen and oxygen atoms in total. The van der Waals surface area contributed by atoms with Crippen molar-refractivity contribution in [1.29, 1.82) is 0 Å². The van der Waals surface area contributed by atoms with Crippen LogP contribution in [0.3, 0.4) is 0 Å². The van der Waals surface area contributed by atoms with Gasteiger partial charge in [-0.3, -0.25) is 13.8 Å². The maximum Gasteiger partial charge on any atom is 0.264 e. The Labute approximate surface area is 142 Å². The van der Waals surface area contributed by atoms with E-state index in [1.807, 2.05) is 4.72 Å². The van der Waals surface area contributed by atoms with Gasteiger partial charge in [0, 0.05) is 33.1 Å². The zero-order chi connectivity index (χ0) is 17.9. The van der Waals surface area contributed by atoms with Crippen molar-refractivity contribution in [2.24, 2.45) is 0 Å². The van der Waals surface area contributed by atoms with Crippen molar-refractivity contribution in [2.75, 3.05) is 6.26 Å². The number of benzene rings is 2. The summed E-state index contributed by atoms with van der Waals surface area (Å²) in [5.74, 6) is -1.09. The molecule has 0 heterocycles. The lowest BCUT2D eigenvalue weighted by atomic mass is 10.2. The molecule has 1 amide bonds. The Kier molecular flexibility index (Phi) is 5.30. The Bertz CT molecular complexity index is 918. The molecule has 0 saturated heterocycles. The van der Waals surface area contributed by atoms with Gasteiger partial charge in [0.05, 0.1) is 4.90 Å². The Hall–Kier alpha value is -2.32. The third-order valence-electron chi connectivity index (χ3n) is 3.23. The Morgan fingerprint density at radius 2 is 1.62 bits per heavy atom. The molecule has 2 rings (SSSR count). The molecule has 0 fully saturated rings. The second-order valence-electron chi connectivity index (χ2n) is 5.00. The van der Waals surface area contributed by atoms with Gasteiger partial charge in [-0.1, -0.05) is 12.1 Å². The SMILES string of the molecule is CC(=O)c1cccc(S(=O)(=O)NC(=O)c2ccc([S@](C)=O)cc2)c1. The number of ketones is 1. The van der Waals surface area contributed by atoms with Gasteiger partial charge in [0.1, 0.15) is 0 Å². The lowest BCUT2D eigenvalue weighted by Gasteiger charge is -2.08. The highest BCUT2D eigenvalue weighted by Gasteiger charge is 2.19. The number of amides is 1. The zero-order valence-corrected chi connectivity index (χ0v) is 14.6. The number of Topliss-reactive ketones (excluding diaryl/α,β-unsaturated/α-hetero) is 1. The fraction of sp³-hybridized carbons (Fsp3) is 0.125. The van der Waals surface area contributed by atoms with Crippen LogP contribution in [0.1, 0.15) is 27.6 Å². The normalized spacial score (nSPS) is 12.4. The van der Waals surface area contributed by atoms with Crippen molar-refractivity contribution < 1.29 is 22.2 Å². The van der Waals surface area contributed by atoms with E-state index < -0.39 is 26.7 Å². The van der Waals surface area contributed by atoms with Gasteiger partial charge in [-0.15, -0.1) is 0 Å². The largest absolute Gasteiger partial charge is 0.295 e. The van der Waals surface area contributed by atoms with Crippen LogP contribution in [0.5, 0.6) is 0 Å². The van der Waals surface area contributed by atoms with Gasteiger partial charge in [0.15, 0.2) is 5.78 Å². The maximum atomic E-state index is 12.3. The van der Waals surface area contributed by atoms with Crippen LogP contribution in [0.4, 0.5) is 0 Å². The summed E-state index contributed by atoms with van der Waals surface area (Å²) in [4.78, 5) is 23.8. The molecular weight excluding hydrogens is 350 g/mol. The van der Waals surface area contributed by atoms with Crippen LogP contribution in [0.25, 0.3) is 0 Å². The minimum Gasteiger partial charge on any atom is -0.295 e. The minimum atomic E-state index is -4.10. The first-order valence-corrected chi connectivity index (χ1v) is 9.86. The van der Waals surface area contributed by atoms with Gasteiger partial charge in [-0.25, -0.2) is 13.1 Å². The summed E-state index contributed by atoms with van der Waals surface area (Å²) in [7, 11) is -5.29. The first-order valence-electron chi connectivity index (χ1n) is 6.82. The first kappa shape index (κ1) is 18.0. The van der Waals surface area contributed by atoms with Crippen molar-refractivity contribution in [3.8, 4) is 0 Å². The van der Waals surface area contributed by atoms with E-state index in [-0.39, 0.29) is 21.8 Å². The maximum absolute atomic E-state index is 12.3. The van der Waals surface area contributed by atoms with Crippen molar-refractivity contribution in [2.45, 2.75) is 16.7 Å². The van der Waals surface area contributed by atoms with E-state index >= 15 is 0 Å². The highest BCUT2D eigenvalue weighted by Crippen LogP contribution is 2.13. The molecule has 0 aliphatic rings. The molecule has 8 heteroatoms. The Balaban J connectivity index is 2.25. The number of rotatable bonds is 5. The predicted molar refractivity (Wildman–Crippen MR) is 89.9 cm³/mol. The monoisotopic (exact) mass is 365 g/mol. The second kappa shape index (κ2) is 7.06. The third kappa shape index (κ3) is 4.15. The Morgan fingerprint density at radius 3 is 2.17 bits per heavy atom. The van der Waals surface area contributed by atoms with E-state index in [0.717, 1.165) is 0 Å². The minimum absolute atomic E-state index is 0.121. The molecule has 0 unspecified atom stereocenters. The fourth-order valence-corrected chi connectivity index (χ4v) is 3.46. The van der Waals surface area contributed by atoms with Gasteiger partial charge in [-0.05, 0) is 43.3 Å². The molecule has 0 bridgehead atoms. The summed E-state index contributed by atoms with van der Waals surface area (Å²) in [6.07, 6.45) is 1.50. The van der Waals surface area contributed by atoms with Crippen LogP contribution in [-0.4, -0.2) is 30.6 Å². The molecule has 0 spiro atoms. The van der Waals surface area contributed by atoms with Gasteiger partial charge in [-0.2, -0.15) is 0 Å². The molecule has 24 heavy (non-hydrogen) atoms. The molecular formula is C16H15NO5S2. The second-order valence-corrected chi connectivity index (χ2v) is 8.06. The summed E-state index contributed by atoms with van der Waals surface area (Å²) < 4.78 is 37.8. The van der Waals surface area contributed by atoms with Crippen molar-refractivity contribution in [3.63, 3.8) is 0 Å². The van der Waals surface area contributed by atoms with Crippen LogP contribution in [-0.2, 0) is 20.8 Å². The number of carbonyl (C=O) groups excluding carboxylic acids is 2. The zero-order valence-electron chi connectivity index (χ0n) is 13.0. The molecule has 126 valence electrons. The molecule has 1 atom stereocenters. The van der Waals surface area contributed by atoms with Crippen LogP contribution in [0.15, 0.2) is 58.3 Å². The number of carbonyl (C=O) groups is 2. The molecule has 1 N–H and O–H groups in total. The van der Waals surface area contributed by atoms with Gasteiger partial charge in [0.2, 0.25) is 0 Å². The van der Waals surface area contributed by atoms with E-state index in [9.17, 15) is 22.2 Å². The average Bonchev–Trinajstić information content (AvgIpc) is 2.54. The van der Waals surface area contributed by atoms with E-state index in [1.165, 1.54) is 61.7 Å².